The summed E-state index contributed by atoms with van der Waals surface area (Å²) in [6.45, 7) is 3.39. The molecule has 2 aromatic rings. The molecule has 33 heavy (non-hydrogen) atoms. The Morgan fingerprint density at radius 2 is 2.12 bits per heavy atom. The van der Waals surface area contributed by atoms with Gasteiger partial charge in [-0.1, -0.05) is 19.4 Å². The van der Waals surface area contributed by atoms with E-state index in [9.17, 15) is 14.7 Å². The van der Waals surface area contributed by atoms with Gasteiger partial charge >= 0.3 is 5.97 Å². The zero-order valence-electron chi connectivity index (χ0n) is 18.5. The average Bonchev–Trinajstić information content (AvgIpc) is 3.34. The summed E-state index contributed by atoms with van der Waals surface area (Å²) in [7, 11) is 2.93. The predicted octanol–water partition coefficient (Wildman–Crippen LogP) is 3.55. The molecule has 1 aromatic heterocycles. The van der Waals surface area contributed by atoms with E-state index in [-0.39, 0.29) is 24.1 Å². The number of amides is 1. The topological polar surface area (TPSA) is 108 Å². The number of hydrogen-bond acceptors (Lipinski definition) is 7. The first-order valence-corrected chi connectivity index (χ1v) is 10.7. The molecule has 2 aliphatic rings. The van der Waals surface area contributed by atoms with Gasteiger partial charge in [-0.15, -0.1) is 0 Å². The summed E-state index contributed by atoms with van der Waals surface area (Å²) in [5.41, 5.74) is -1.29. The molecule has 2 N–H and O–H groups in total. The van der Waals surface area contributed by atoms with Crippen molar-refractivity contribution in [3.8, 4) is 5.75 Å². The maximum absolute atomic E-state index is 15.6. The molecule has 1 fully saturated rings. The Kier molecular flexibility index (Phi) is 5.92. The fourth-order valence-corrected chi connectivity index (χ4v) is 4.37. The molecule has 2 heterocycles. The van der Waals surface area contributed by atoms with Crippen molar-refractivity contribution in [2.75, 3.05) is 35.8 Å². The van der Waals surface area contributed by atoms with Gasteiger partial charge in [-0.05, 0) is 37.1 Å². The van der Waals surface area contributed by atoms with Gasteiger partial charge in [0.15, 0.2) is 5.82 Å². The van der Waals surface area contributed by atoms with Crippen LogP contribution in [-0.2, 0) is 4.79 Å². The van der Waals surface area contributed by atoms with Crippen LogP contribution in [0.1, 0.15) is 36.0 Å². The molecular formula is C23H26FN5O4. The van der Waals surface area contributed by atoms with Gasteiger partial charge in [-0.3, -0.25) is 4.79 Å². The average molecular weight is 455 g/mol. The van der Waals surface area contributed by atoms with Gasteiger partial charge in [0, 0.05) is 13.1 Å². The number of carbonyl (C=O) groups excluding carboxylic acids is 1. The molecule has 4 rings (SSSR count). The number of carboxylic acids is 1. The van der Waals surface area contributed by atoms with E-state index in [4.69, 9.17) is 4.74 Å². The van der Waals surface area contributed by atoms with E-state index in [1.165, 1.54) is 37.4 Å². The van der Waals surface area contributed by atoms with Crippen LogP contribution >= 0.6 is 0 Å². The SMILES string of the molecule is C=C[C@]1(F)CN(C2CCCC2)c2nc(Nc3ccc(C(=O)O)cc3OC)ncc2N(C)C1=O. The molecule has 1 aliphatic heterocycles. The minimum atomic E-state index is -2.25. The summed E-state index contributed by atoms with van der Waals surface area (Å²) in [6.07, 6.45) is 6.34. The highest BCUT2D eigenvalue weighted by molar-refractivity contribution is 6.04. The molecule has 10 heteroatoms. The monoisotopic (exact) mass is 455 g/mol. The van der Waals surface area contributed by atoms with Gasteiger partial charge in [0.05, 0.1) is 31.1 Å². The number of aromatic carboxylic acids is 1. The first-order chi connectivity index (χ1) is 15.8. The van der Waals surface area contributed by atoms with E-state index >= 15 is 4.39 Å². The number of nitrogens with zero attached hydrogens (tertiary/aromatic N) is 4. The van der Waals surface area contributed by atoms with Crippen LogP contribution in [0.25, 0.3) is 0 Å². The van der Waals surface area contributed by atoms with Crippen molar-refractivity contribution in [1.29, 1.82) is 0 Å². The van der Waals surface area contributed by atoms with E-state index in [1.807, 2.05) is 4.90 Å². The van der Waals surface area contributed by atoms with Crippen molar-refractivity contribution in [3.63, 3.8) is 0 Å². The lowest BCUT2D eigenvalue weighted by Gasteiger charge is -2.32. The van der Waals surface area contributed by atoms with Crippen LogP contribution in [0.5, 0.6) is 5.75 Å². The number of nitrogens with one attached hydrogen (secondary N) is 1. The summed E-state index contributed by atoms with van der Waals surface area (Å²) < 4.78 is 21.0. The fourth-order valence-electron chi connectivity index (χ4n) is 4.37. The second-order valence-corrected chi connectivity index (χ2v) is 8.24. The minimum absolute atomic E-state index is 0.0465. The van der Waals surface area contributed by atoms with Gasteiger partial charge in [-0.2, -0.15) is 4.98 Å². The molecule has 174 valence electrons. The largest absolute Gasteiger partial charge is 0.495 e. The zero-order valence-corrected chi connectivity index (χ0v) is 18.5. The van der Waals surface area contributed by atoms with Crippen molar-refractivity contribution in [3.05, 3.63) is 42.6 Å². The molecule has 1 aromatic carbocycles. The highest BCUT2D eigenvalue weighted by atomic mass is 19.1. The molecule has 0 radical (unpaired) electrons. The first kappa shape index (κ1) is 22.5. The molecule has 9 nitrogen and oxygen atoms in total. The lowest BCUT2D eigenvalue weighted by atomic mass is 10.0. The Morgan fingerprint density at radius 1 is 1.39 bits per heavy atom. The number of methoxy groups -OCH3 is 1. The molecule has 1 amide bonds. The number of carboxylic acid groups (broad SMARTS) is 1. The standard InChI is InChI=1S/C23H26FN5O4/c1-4-23(24)13-29(15-7-5-6-8-15)19-17(28(2)21(23)32)12-25-22(27-19)26-16-10-9-14(20(30)31)11-18(16)33-3/h4,9-12,15H,1,5-8,13H2,2-3H3,(H,30,31)(H,25,26,27)/t23-/m0/s1. The zero-order chi connectivity index (χ0) is 23.8. The number of alkyl halides is 1. The quantitative estimate of drug-likeness (QED) is 0.637. The highest BCUT2D eigenvalue weighted by Gasteiger charge is 2.46. The molecule has 0 spiro atoms. The second-order valence-electron chi connectivity index (χ2n) is 8.24. The molecule has 0 saturated heterocycles. The summed E-state index contributed by atoms with van der Waals surface area (Å²) >= 11 is 0. The number of anilines is 4. The number of hydrogen-bond donors (Lipinski definition) is 2. The highest BCUT2D eigenvalue weighted by Crippen LogP contribution is 2.40. The van der Waals surface area contributed by atoms with E-state index in [1.54, 1.807) is 6.07 Å². The Bertz CT molecular complexity index is 1100. The van der Waals surface area contributed by atoms with Crippen molar-refractivity contribution in [1.82, 2.24) is 9.97 Å². The molecule has 1 saturated carbocycles. The molecule has 1 atom stereocenters. The van der Waals surface area contributed by atoms with Gasteiger partial charge in [-0.25, -0.2) is 14.2 Å². The Hall–Kier alpha value is -3.69. The van der Waals surface area contributed by atoms with Gasteiger partial charge < -0.3 is 25.0 Å². The number of rotatable bonds is 6. The van der Waals surface area contributed by atoms with Crippen molar-refractivity contribution < 1.29 is 23.8 Å². The normalized spacial score (nSPS) is 20.9. The van der Waals surface area contributed by atoms with Gasteiger partial charge in [0.2, 0.25) is 11.6 Å². The van der Waals surface area contributed by atoms with Crippen molar-refractivity contribution in [2.45, 2.75) is 37.4 Å². The van der Waals surface area contributed by atoms with Gasteiger partial charge in [0.25, 0.3) is 5.91 Å². The van der Waals surface area contributed by atoms with Crippen LogP contribution in [0.3, 0.4) is 0 Å². The fraction of sp³-hybridized carbons (Fsp3) is 0.391. The van der Waals surface area contributed by atoms with Crippen LogP contribution in [0.2, 0.25) is 0 Å². The number of halogens is 1. The number of fused-ring (bicyclic) bond motifs is 1. The molecular weight excluding hydrogens is 429 g/mol. The van der Waals surface area contributed by atoms with E-state index < -0.39 is 17.5 Å². The lowest BCUT2D eigenvalue weighted by Crippen LogP contribution is -2.49. The van der Waals surface area contributed by atoms with Crippen LogP contribution in [0.4, 0.5) is 27.5 Å². The second kappa shape index (κ2) is 8.68. The third-order valence-electron chi connectivity index (χ3n) is 6.23. The summed E-state index contributed by atoms with van der Waals surface area (Å²) in [6, 6.07) is 4.44. The molecule has 1 aliphatic carbocycles. The Morgan fingerprint density at radius 3 is 2.76 bits per heavy atom. The number of aromatic nitrogens is 2. The smallest absolute Gasteiger partial charge is 0.335 e. The summed E-state index contributed by atoms with van der Waals surface area (Å²) in [5, 5.41) is 12.3. The molecule has 0 unspecified atom stereocenters. The Balaban J connectivity index is 1.76. The first-order valence-electron chi connectivity index (χ1n) is 10.7. The lowest BCUT2D eigenvalue weighted by molar-refractivity contribution is -0.126. The van der Waals surface area contributed by atoms with Gasteiger partial charge in [0.1, 0.15) is 11.4 Å². The van der Waals surface area contributed by atoms with E-state index in [2.05, 4.69) is 21.9 Å². The summed E-state index contributed by atoms with van der Waals surface area (Å²) in [5.74, 6) is -0.808. The maximum atomic E-state index is 15.6. The minimum Gasteiger partial charge on any atom is -0.495 e. The van der Waals surface area contributed by atoms with E-state index in [0.29, 0.717) is 22.9 Å². The summed E-state index contributed by atoms with van der Waals surface area (Å²) in [4.78, 5) is 36.2. The maximum Gasteiger partial charge on any atom is 0.335 e. The van der Waals surface area contributed by atoms with Crippen molar-refractivity contribution in [2.24, 2.45) is 0 Å². The van der Waals surface area contributed by atoms with Crippen LogP contribution in [-0.4, -0.2) is 59.4 Å². The Labute approximate surface area is 190 Å². The van der Waals surface area contributed by atoms with Crippen molar-refractivity contribution >= 4 is 35.0 Å². The van der Waals surface area contributed by atoms with Crippen LogP contribution in [0.15, 0.2) is 37.1 Å². The van der Waals surface area contributed by atoms with E-state index in [0.717, 1.165) is 31.8 Å². The third-order valence-corrected chi connectivity index (χ3v) is 6.23. The number of carbonyl (C=O) groups is 2. The third kappa shape index (κ3) is 4.08. The predicted molar refractivity (Wildman–Crippen MR) is 122 cm³/mol. The number of ether oxygens (including phenoxy) is 1. The van der Waals surface area contributed by atoms with Crippen LogP contribution in [0, 0.1) is 0 Å². The molecule has 0 bridgehead atoms. The number of benzene rings is 1. The van der Waals surface area contributed by atoms with Crippen LogP contribution < -0.4 is 19.9 Å².